The summed E-state index contributed by atoms with van der Waals surface area (Å²) in [5.74, 6) is -1.26. The van der Waals surface area contributed by atoms with Crippen LogP contribution >= 0.6 is 11.6 Å². The maximum absolute atomic E-state index is 11.6. The first-order valence-corrected chi connectivity index (χ1v) is 5.82. The lowest BCUT2D eigenvalue weighted by molar-refractivity contribution is -0.137. The van der Waals surface area contributed by atoms with Crippen LogP contribution in [0.3, 0.4) is 0 Å². The van der Waals surface area contributed by atoms with Crippen LogP contribution in [0.1, 0.15) is 0 Å². The van der Waals surface area contributed by atoms with Crippen molar-refractivity contribution in [1.29, 1.82) is 0 Å². The Bertz CT molecular complexity index is 379. The lowest BCUT2D eigenvalue weighted by Gasteiger charge is -2.06. The van der Waals surface area contributed by atoms with Crippen molar-refractivity contribution in [3.05, 3.63) is 29.3 Å². The molecule has 0 aliphatic heterocycles. The number of hydrogen-bond acceptors (Lipinski definition) is 3. The molecule has 3 N–H and O–H groups in total. The average Bonchev–Trinajstić information content (AvgIpc) is 2.18. The molecule has 0 spiro atoms. The number of halogens is 1. The third-order valence-electron chi connectivity index (χ3n) is 1.72. The lowest BCUT2D eigenvalue weighted by atomic mass is 10.4. The van der Waals surface area contributed by atoms with E-state index in [0.717, 1.165) is 0 Å². The molecule has 0 radical (unpaired) electrons. The third-order valence-corrected chi connectivity index (χ3v) is 3.44. The molecule has 2 atom stereocenters. The maximum Gasteiger partial charge on any atom is 0.321 e. The fourth-order valence-corrected chi connectivity index (χ4v) is 2.14. The topological polar surface area (TPSA) is 80.4 Å². The summed E-state index contributed by atoms with van der Waals surface area (Å²) in [5, 5.41) is 9.08. The minimum atomic E-state index is -1.41. The van der Waals surface area contributed by atoms with Gasteiger partial charge in [-0.1, -0.05) is 11.6 Å². The Labute approximate surface area is 94.5 Å². The number of benzene rings is 1. The quantitative estimate of drug-likeness (QED) is 0.827. The van der Waals surface area contributed by atoms with Gasteiger partial charge in [-0.25, -0.2) is 0 Å². The molecule has 0 fully saturated rings. The molecule has 0 aliphatic rings. The van der Waals surface area contributed by atoms with E-state index >= 15 is 0 Å². The first-order chi connectivity index (χ1) is 7.00. The van der Waals surface area contributed by atoms with Gasteiger partial charge >= 0.3 is 5.97 Å². The van der Waals surface area contributed by atoms with Gasteiger partial charge < -0.3 is 10.8 Å². The van der Waals surface area contributed by atoms with Gasteiger partial charge in [-0.2, -0.15) is 0 Å². The van der Waals surface area contributed by atoms with E-state index in [4.69, 9.17) is 22.4 Å². The molecule has 1 unspecified atom stereocenters. The highest BCUT2D eigenvalue weighted by Crippen LogP contribution is 2.13. The summed E-state index contributed by atoms with van der Waals surface area (Å²) in [4.78, 5) is 11.0. The van der Waals surface area contributed by atoms with E-state index in [1.54, 1.807) is 24.3 Å². The van der Waals surface area contributed by atoms with Crippen LogP contribution in [0.15, 0.2) is 29.2 Å². The summed E-state index contributed by atoms with van der Waals surface area (Å²) >= 11 is 5.65. The van der Waals surface area contributed by atoms with Gasteiger partial charge in [0, 0.05) is 9.92 Å². The van der Waals surface area contributed by atoms with Crippen LogP contribution in [0, 0.1) is 0 Å². The molecule has 15 heavy (non-hydrogen) atoms. The number of aliphatic carboxylic acids is 1. The standard InChI is InChI=1S/C9H10ClNO3S/c10-6-1-3-7(4-2-6)15(14)5-8(11)9(12)13/h1-4,8H,5,11H2,(H,12,13)/t8-,15?/m0/s1. The highest BCUT2D eigenvalue weighted by Gasteiger charge is 2.16. The predicted octanol–water partition coefficient (Wildman–Crippen LogP) is 0.859. The summed E-state index contributed by atoms with van der Waals surface area (Å²) in [6, 6.07) is 5.27. The van der Waals surface area contributed by atoms with E-state index in [1.165, 1.54) is 0 Å². The monoisotopic (exact) mass is 247 g/mol. The molecule has 82 valence electrons. The van der Waals surface area contributed by atoms with Crippen molar-refractivity contribution in [2.24, 2.45) is 5.73 Å². The highest BCUT2D eigenvalue weighted by molar-refractivity contribution is 7.85. The number of carboxylic acid groups (broad SMARTS) is 1. The number of hydrogen-bond donors (Lipinski definition) is 2. The van der Waals surface area contributed by atoms with E-state index < -0.39 is 22.8 Å². The summed E-state index contributed by atoms with van der Waals surface area (Å²) in [6.07, 6.45) is 0. The summed E-state index contributed by atoms with van der Waals surface area (Å²) in [6.45, 7) is 0. The van der Waals surface area contributed by atoms with Crippen molar-refractivity contribution < 1.29 is 14.1 Å². The zero-order valence-corrected chi connectivity index (χ0v) is 9.29. The molecule has 0 amide bonds. The zero-order chi connectivity index (χ0) is 11.4. The Kier molecular flexibility index (Phi) is 4.26. The smallest absolute Gasteiger partial charge is 0.321 e. The first-order valence-electron chi connectivity index (χ1n) is 4.13. The van der Waals surface area contributed by atoms with Crippen LogP contribution in [0.4, 0.5) is 0 Å². The van der Waals surface area contributed by atoms with Crippen LogP contribution in [-0.2, 0) is 15.6 Å². The third kappa shape index (κ3) is 3.62. The Balaban J connectivity index is 2.69. The molecule has 0 bridgehead atoms. The molecule has 4 nitrogen and oxygen atoms in total. The molecule has 1 aromatic carbocycles. The Morgan fingerprint density at radius 3 is 2.47 bits per heavy atom. The van der Waals surface area contributed by atoms with Gasteiger partial charge in [0.2, 0.25) is 0 Å². The second kappa shape index (κ2) is 5.25. The Morgan fingerprint density at radius 1 is 1.47 bits per heavy atom. The number of carbonyl (C=O) groups is 1. The number of carboxylic acids is 1. The normalized spacial score (nSPS) is 14.5. The van der Waals surface area contributed by atoms with Crippen LogP contribution in [0.25, 0.3) is 0 Å². The second-order valence-electron chi connectivity index (χ2n) is 2.91. The minimum absolute atomic E-state index is 0.100. The second-order valence-corrected chi connectivity index (χ2v) is 4.84. The number of nitrogens with two attached hydrogens (primary N) is 1. The molecule has 6 heteroatoms. The Morgan fingerprint density at radius 2 is 2.00 bits per heavy atom. The largest absolute Gasteiger partial charge is 0.480 e. The van der Waals surface area contributed by atoms with Gasteiger partial charge in [-0.15, -0.1) is 0 Å². The van der Waals surface area contributed by atoms with Crippen molar-refractivity contribution in [1.82, 2.24) is 0 Å². The summed E-state index contributed by atoms with van der Waals surface area (Å²) < 4.78 is 11.6. The minimum Gasteiger partial charge on any atom is -0.480 e. The summed E-state index contributed by atoms with van der Waals surface area (Å²) in [7, 11) is -1.41. The molecule has 0 saturated heterocycles. The molecule has 0 saturated carbocycles. The van der Waals surface area contributed by atoms with Crippen molar-refractivity contribution in [2.45, 2.75) is 10.9 Å². The van der Waals surface area contributed by atoms with Crippen LogP contribution < -0.4 is 5.73 Å². The van der Waals surface area contributed by atoms with E-state index in [1.807, 2.05) is 0 Å². The molecule has 0 heterocycles. The molecule has 0 aromatic heterocycles. The van der Waals surface area contributed by atoms with Gasteiger partial charge in [-0.3, -0.25) is 9.00 Å². The van der Waals surface area contributed by atoms with Crippen LogP contribution in [0.2, 0.25) is 5.02 Å². The van der Waals surface area contributed by atoms with E-state index in [2.05, 4.69) is 0 Å². The molecular formula is C9H10ClNO3S. The zero-order valence-electron chi connectivity index (χ0n) is 7.72. The first kappa shape index (κ1) is 12.2. The Hall–Kier alpha value is -0.910. The predicted molar refractivity (Wildman–Crippen MR) is 58.3 cm³/mol. The summed E-state index contributed by atoms with van der Waals surface area (Å²) in [5.41, 5.74) is 5.27. The lowest BCUT2D eigenvalue weighted by Crippen LogP contribution is -2.35. The average molecular weight is 248 g/mol. The maximum atomic E-state index is 11.6. The van der Waals surface area contributed by atoms with E-state index in [0.29, 0.717) is 9.92 Å². The molecule has 1 rings (SSSR count). The van der Waals surface area contributed by atoms with Crippen molar-refractivity contribution >= 4 is 28.4 Å². The SMILES string of the molecule is N[C@@H](CS(=O)c1ccc(Cl)cc1)C(=O)O. The van der Waals surface area contributed by atoms with E-state index in [-0.39, 0.29) is 5.75 Å². The van der Waals surface area contributed by atoms with Crippen LogP contribution in [-0.4, -0.2) is 27.1 Å². The fourth-order valence-electron chi connectivity index (χ4n) is 0.917. The van der Waals surface area contributed by atoms with E-state index in [9.17, 15) is 9.00 Å². The van der Waals surface area contributed by atoms with Gasteiger partial charge in [0.25, 0.3) is 0 Å². The molecule has 0 aliphatic carbocycles. The van der Waals surface area contributed by atoms with Gasteiger partial charge in [0.15, 0.2) is 0 Å². The highest BCUT2D eigenvalue weighted by atomic mass is 35.5. The fraction of sp³-hybridized carbons (Fsp3) is 0.222. The van der Waals surface area contributed by atoms with Crippen molar-refractivity contribution in [3.63, 3.8) is 0 Å². The van der Waals surface area contributed by atoms with Crippen molar-refractivity contribution in [2.75, 3.05) is 5.75 Å². The molecular weight excluding hydrogens is 238 g/mol. The molecule has 1 aromatic rings. The van der Waals surface area contributed by atoms with Crippen LogP contribution in [0.5, 0.6) is 0 Å². The van der Waals surface area contributed by atoms with Gasteiger partial charge in [-0.05, 0) is 24.3 Å². The van der Waals surface area contributed by atoms with Gasteiger partial charge in [0.05, 0.1) is 16.6 Å². The van der Waals surface area contributed by atoms with Gasteiger partial charge in [0.1, 0.15) is 6.04 Å². The number of rotatable bonds is 4. The van der Waals surface area contributed by atoms with Crippen molar-refractivity contribution in [3.8, 4) is 0 Å².